The molecule has 4 saturated carbocycles. The summed E-state index contributed by atoms with van der Waals surface area (Å²) in [4.78, 5) is 43.7. The van der Waals surface area contributed by atoms with Crippen molar-refractivity contribution in [2.75, 3.05) is 0 Å². The zero-order valence-corrected chi connectivity index (χ0v) is 12.3. The summed E-state index contributed by atoms with van der Waals surface area (Å²) < 4.78 is 31.4. The molecule has 4 rings (SSSR count). The summed E-state index contributed by atoms with van der Waals surface area (Å²) in [5.41, 5.74) is -2.39. The minimum absolute atomic E-state index is 0.0225. The Morgan fingerprint density at radius 2 is 1.15 bits per heavy atom. The highest BCUT2D eigenvalue weighted by Gasteiger charge is 2.59. The lowest BCUT2D eigenvalue weighted by molar-refractivity contribution is -0.364. The summed E-state index contributed by atoms with van der Waals surface area (Å²) >= 11 is 0. The van der Waals surface area contributed by atoms with Crippen molar-refractivity contribution in [3.8, 4) is 0 Å². The molecule has 0 spiro atoms. The third-order valence-corrected chi connectivity index (χ3v) is 5.79. The Kier molecular flexibility index (Phi) is 3.30. The van der Waals surface area contributed by atoms with Gasteiger partial charge in [-0.1, -0.05) is 0 Å². The van der Waals surface area contributed by atoms with Gasteiger partial charge in [-0.3, -0.25) is 0 Å². The first kappa shape index (κ1) is 15.1. The fourth-order valence-electron chi connectivity index (χ4n) is 4.78. The molecular formula is C10H14O8P2-4. The highest BCUT2D eigenvalue weighted by Crippen LogP contribution is 2.64. The van der Waals surface area contributed by atoms with Gasteiger partial charge in [-0.2, -0.15) is 0 Å². The molecule has 0 aromatic heterocycles. The van der Waals surface area contributed by atoms with Crippen LogP contribution in [-0.4, -0.2) is 11.2 Å². The molecule has 0 N–H and O–H groups in total. The van der Waals surface area contributed by atoms with Gasteiger partial charge in [0.15, 0.2) is 0 Å². The Bertz CT molecular complexity index is 451. The second-order valence-electron chi connectivity index (χ2n) is 6.40. The summed E-state index contributed by atoms with van der Waals surface area (Å²) in [6, 6.07) is 0. The lowest BCUT2D eigenvalue weighted by Gasteiger charge is -2.63. The molecule has 116 valence electrons. The molecule has 0 heterocycles. The zero-order chi connectivity index (χ0) is 14.8. The molecule has 4 aliphatic carbocycles. The smallest absolute Gasteiger partial charge is 0.0767 e. The molecule has 0 amide bonds. The van der Waals surface area contributed by atoms with Crippen LogP contribution in [0.2, 0.25) is 0 Å². The minimum atomic E-state index is -5.18. The van der Waals surface area contributed by atoms with Gasteiger partial charge < -0.3 is 37.8 Å². The van der Waals surface area contributed by atoms with Crippen molar-refractivity contribution in [2.24, 2.45) is 11.8 Å². The van der Waals surface area contributed by atoms with E-state index in [1.165, 1.54) is 0 Å². The molecule has 20 heavy (non-hydrogen) atoms. The van der Waals surface area contributed by atoms with Crippen LogP contribution in [0, 0.1) is 11.8 Å². The van der Waals surface area contributed by atoms with E-state index < -0.39 is 26.8 Å². The van der Waals surface area contributed by atoms with Gasteiger partial charge in [0, 0.05) is 6.42 Å². The second-order valence-corrected chi connectivity index (χ2v) is 8.56. The van der Waals surface area contributed by atoms with Crippen LogP contribution in [0.25, 0.3) is 0 Å². The summed E-state index contributed by atoms with van der Waals surface area (Å²) in [6.07, 6.45) is 2.36. The molecule has 4 fully saturated rings. The largest absolute Gasteiger partial charge is 0.790 e. The summed E-state index contributed by atoms with van der Waals surface area (Å²) in [5, 5.41) is 0. The van der Waals surface area contributed by atoms with Crippen molar-refractivity contribution in [3.63, 3.8) is 0 Å². The quantitative estimate of drug-likeness (QED) is 0.584. The highest BCUT2D eigenvalue weighted by atomic mass is 31.2. The van der Waals surface area contributed by atoms with E-state index in [1.54, 1.807) is 0 Å². The maximum atomic E-state index is 10.9. The van der Waals surface area contributed by atoms with Crippen molar-refractivity contribution in [3.05, 3.63) is 0 Å². The number of hydrogen-bond donors (Lipinski definition) is 0. The van der Waals surface area contributed by atoms with E-state index in [-0.39, 0.29) is 18.3 Å². The Balaban J connectivity index is 1.89. The predicted octanol–water partition coefficient (Wildman–Crippen LogP) is -1.23. The van der Waals surface area contributed by atoms with Crippen LogP contribution in [-0.2, 0) is 18.2 Å². The average molecular weight is 324 g/mol. The molecule has 0 aromatic carbocycles. The summed E-state index contributed by atoms with van der Waals surface area (Å²) in [5.74, 6) is 0.0451. The topological polar surface area (TPSA) is 145 Å². The monoisotopic (exact) mass is 324 g/mol. The fourth-order valence-corrected chi connectivity index (χ4v) is 6.16. The van der Waals surface area contributed by atoms with Crippen LogP contribution >= 0.6 is 15.6 Å². The zero-order valence-electron chi connectivity index (χ0n) is 10.6. The van der Waals surface area contributed by atoms with Gasteiger partial charge in [0.25, 0.3) is 0 Å². The van der Waals surface area contributed by atoms with E-state index >= 15 is 0 Å². The molecule has 0 radical (unpaired) electrons. The molecule has 8 nitrogen and oxygen atoms in total. The number of phosphoric ester groups is 2. The van der Waals surface area contributed by atoms with Crippen molar-refractivity contribution in [2.45, 2.75) is 49.7 Å². The first-order valence-corrected chi connectivity index (χ1v) is 9.36. The summed E-state index contributed by atoms with van der Waals surface area (Å²) in [7, 11) is -10.4. The van der Waals surface area contributed by atoms with Crippen LogP contribution < -0.4 is 19.6 Å². The van der Waals surface area contributed by atoms with E-state index in [1.807, 2.05) is 0 Å². The van der Waals surface area contributed by atoms with Crippen LogP contribution in [0.5, 0.6) is 0 Å². The maximum Gasteiger partial charge on any atom is 0.0767 e. The molecular weight excluding hydrogens is 310 g/mol. The van der Waals surface area contributed by atoms with Crippen LogP contribution in [0.3, 0.4) is 0 Å². The molecule has 0 unspecified atom stereocenters. The number of hydrogen-bond acceptors (Lipinski definition) is 8. The third-order valence-electron chi connectivity index (χ3n) is 4.56. The third kappa shape index (κ3) is 3.03. The van der Waals surface area contributed by atoms with E-state index in [0.29, 0.717) is 25.7 Å². The van der Waals surface area contributed by atoms with Gasteiger partial charge in [-0.05, 0) is 43.9 Å². The van der Waals surface area contributed by atoms with Crippen molar-refractivity contribution < 1.29 is 37.8 Å². The standard InChI is InChI=1S/C10H18O8P2/c11-19(12,13)17-9-2-7-1-8(4-9)5-10(3-7,6-9)18-20(14,15)16/h7-8H,1-6H2,(H2,11,12,13)(H2,14,15,16)/p-4. The highest BCUT2D eigenvalue weighted by molar-refractivity contribution is 7.43. The van der Waals surface area contributed by atoms with Gasteiger partial charge >= 0.3 is 0 Å². The van der Waals surface area contributed by atoms with Crippen molar-refractivity contribution in [1.29, 1.82) is 0 Å². The van der Waals surface area contributed by atoms with Gasteiger partial charge in [-0.25, -0.2) is 0 Å². The lowest BCUT2D eigenvalue weighted by Crippen LogP contribution is -2.61. The Morgan fingerprint density at radius 3 is 1.45 bits per heavy atom. The predicted molar refractivity (Wildman–Crippen MR) is 57.5 cm³/mol. The van der Waals surface area contributed by atoms with Crippen LogP contribution in [0.1, 0.15) is 38.5 Å². The van der Waals surface area contributed by atoms with Crippen LogP contribution in [0.15, 0.2) is 0 Å². The Hall–Kier alpha value is 0.220. The maximum absolute atomic E-state index is 10.9. The summed E-state index contributed by atoms with van der Waals surface area (Å²) in [6.45, 7) is 0. The fraction of sp³-hybridized carbons (Fsp3) is 1.00. The SMILES string of the molecule is O=P([O-])([O-])OC12CC3CC(C1)CC(OP(=O)([O-])[O-])(C3)C2. The van der Waals surface area contributed by atoms with Crippen LogP contribution in [0.4, 0.5) is 0 Å². The van der Waals surface area contributed by atoms with E-state index in [9.17, 15) is 28.7 Å². The van der Waals surface area contributed by atoms with Gasteiger partial charge in [0.05, 0.1) is 26.8 Å². The van der Waals surface area contributed by atoms with E-state index in [0.717, 1.165) is 6.42 Å². The molecule has 0 atom stereocenters. The molecule has 0 aliphatic heterocycles. The normalized spacial score (nSPS) is 44.0. The van der Waals surface area contributed by atoms with Gasteiger partial charge in [0.1, 0.15) is 0 Å². The first-order valence-electron chi connectivity index (χ1n) is 6.44. The molecule has 4 bridgehead atoms. The molecule has 4 aliphatic rings. The van der Waals surface area contributed by atoms with E-state index in [2.05, 4.69) is 0 Å². The van der Waals surface area contributed by atoms with Crippen molar-refractivity contribution in [1.82, 2.24) is 0 Å². The van der Waals surface area contributed by atoms with Gasteiger partial charge in [-0.15, -0.1) is 0 Å². The number of phosphoric acid groups is 2. The lowest BCUT2D eigenvalue weighted by atomic mass is 9.52. The molecule has 0 aromatic rings. The Morgan fingerprint density at radius 1 is 0.800 bits per heavy atom. The minimum Gasteiger partial charge on any atom is -0.790 e. The second kappa shape index (κ2) is 4.37. The van der Waals surface area contributed by atoms with Gasteiger partial charge in [0.2, 0.25) is 0 Å². The average Bonchev–Trinajstić information content (AvgIpc) is 2.04. The Labute approximate surface area is 116 Å². The number of rotatable bonds is 4. The van der Waals surface area contributed by atoms with E-state index in [4.69, 9.17) is 9.05 Å². The van der Waals surface area contributed by atoms with Crippen molar-refractivity contribution >= 4 is 15.6 Å². The molecule has 0 saturated heterocycles. The first-order chi connectivity index (χ1) is 8.99. The molecule has 10 heteroatoms.